The molecule has 0 spiro atoms. The van der Waals surface area contributed by atoms with Gasteiger partial charge in [-0.25, -0.2) is 5.43 Å². The standard InChI is InChI=1S/C17H18N2O2/c1-12(13-6-7-13)18-19-17(20)11-21-16-9-8-14-4-2-3-5-15(14)10-16/h2-5,8-10,13H,6-7,11H2,1H3,(H,19,20)/b18-12-. The van der Waals surface area contributed by atoms with E-state index >= 15 is 0 Å². The van der Waals surface area contributed by atoms with Crippen molar-refractivity contribution < 1.29 is 9.53 Å². The molecule has 0 aliphatic heterocycles. The summed E-state index contributed by atoms with van der Waals surface area (Å²) >= 11 is 0. The van der Waals surface area contributed by atoms with E-state index in [4.69, 9.17) is 4.74 Å². The maximum atomic E-state index is 11.7. The quantitative estimate of drug-likeness (QED) is 0.676. The molecule has 108 valence electrons. The lowest BCUT2D eigenvalue weighted by atomic mass is 10.1. The molecule has 0 radical (unpaired) electrons. The first kappa shape index (κ1) is 13.6. The SMILES string of the molecule is C/C(=N/NC(=O)COc1ccc2ccccc2c1)C1CC1. The maximum Gasteiger partial charge on any atom is 0.277 e. The summed E-state index contributed by atoms with van der Waals surface area (Å²) in [6.45, 7) is 1.92. The van der Waals surface area contributed by atoms with Crippen molar-refractivity contribution in [2.24, 2.45) is 11.0 Å². The molecule has 4 heteroatoms. The van der Waals surface area contributed by atoms with Crippen LogP contribution in [0.15, 0.2) is 47.6 Å². The van der Waals surface area contributed by atoms with Crippen molar-refractivity contribution in [3.05, 3.63) is 42.5 Å². The normalized spacial score (nSPS) is 15.0. The molecule has 2 aromatic rings. The molecule has 0 unspecified atom stereocenters. The molecule has 1 aliphatic carbocycles. The first-order chi connectivity index (χ1) is 10.2. The van der Waals surface area contributed by atoms with Crippen LogP contribution in [0.1, 0.15) is 19.8 Å². The highest BCUT2D eigenvalue weighted by atomic mass is 16.5. The summed E-state index contributed by atoms with van der Waals surface area (Å²) in [5, 5.41) is 6.33. The number of carbonyl (C=O) groups excluding carboxylic acids is 1. The Hall–Kier alpha value is -2.36. The molecule has 2 aromatic carbocycles. The van der Waals surface area contributed by atoms with E-state index in [2.05, 4.69) is 10.5 Å². The van der Waals surface area contributed by atoms with Crippen LogP contribution in [0.3, 0.4) is 0 Å². The molecular formula is C17H18N2O2. The molecule has 1 amide bonds. The van der Waals surface area contributed by atoms with E-state index in [1.54, 1.807) is 0 Å². The first-order valence-electron chi connectivity index (χ1n) is 7.17. The number of ether oxygens (including phenoxy) is 1. The molecule has 0 heterocycles. The number of carbonyl (C=O) groups is 1. The summed E-state index contributed by atoms with van der Waals surface area (Å²) in [6.07, 6.45) is 2.36. The van der Waals surface area contributed by atoms with Crippen LogP contribution in [0.5, 0.6) is 5.75 Å². The van der Waals surface area contributed by atoms with Crippen LogP contribution < -0.4 is 10.2 Å². The molecule has 1 saturated carbocycles. The average Bonchev–Trinajstić information content (AvgIpc) is 3.35. The van der Waals surface area contributed by atoms with Gasteiger partial charge in [0.25, 0.3) is 5.91 Å². The molecule has 1 fully saturated rings. The molecule has 0 saturated heterocycles. The third-order valence-corrected chi connectivity index (χ3v) is 3.62. The predicted octanol–water partition coefficient (Wildman–Crippen LogP) is 3.12. The smallest absolute Gasteiger partial charge is 0.277 e. The third-order valence-electron chi connectivity index (χ3n) is 3.62. The number of hydrogen-bond acceptors (Lipinski definition) is 3. The Balaban J connectivity index is 1.55. The van der Waals surface area contributed by atoms with Crippen LogP contribution in [0, 0.1) is 5.92 Å². The Labute approximate surface area is 123 Å². The monoisotopic (exact) mass is 282 g/mol. The highest BCUT2D eigenvalue weighted by molar-refractivity contribution is 5.88. The van der Waals surface area contributed by atoms with E-state index in [1.807, 2.05) is 49.4 Å². The highest BCUT2D eigenvalue weighted by Gasteiger charge is 2.24. The van der Waals surface area contributed by atoms with Crippen molar-refractivity contribution in [1.29, 1.82) is 0 Å². The number of hydrazone groups is 1. The molecule has 1 N–H and O–H groups in total. The van der Waals surface area contributed by atoms with Crippen molar-refractivity contribution in [2.75, 3.05) is 6.61 Å². The fourth-order valence-electron chi connectivity index (χ4n) is 2.18. The fraction of sp³-hybridized carbons (Fsp3) is 0.294. The van der Waals surface area contributed by atoms with Crippen molar-refractivity contribution in [3.8, 4) is 5.75 Å². The van der Waals surface area contributed by atoms with Gasteiger partial charge in [-0.3, -0.25) is 4.79 Å². The zero-order chi connectivity index (χ0) is 14.7. The molecule has 21 heavy (non-hydrogen) atoms. The van der Waals surface area contributed by atoms with Gasteiger partial charge in [0.15, 0.2) is 6.61 Å². The summed E-state index contributed by atoms with van der Waals surface area (Å²) in [5.41, 5.74) is 3.53. The van der Waals surface area contributed by atoms with E-state index in [0.717, 1.165) is 16.5 Å². The molecule has 4 nitrogen and oxygen atoms in total. The van der Waals surface area contributed by atoms with Crippen LogP contribution in [0.4, 0.5) is 0 Å². The summed E-state index contributed by atoms with van der Waals surface area (Å²) < 4.78 is 5.50. The van der Waals surface area contributed by atoms with Crippen LogP contribution >= 0.6 is 0 Å². The van der Waals surface area contributed by atoms with E-state index in [9.17, 15) is 4.79 Å². The number of nitrogens with zero attached hydrogens (tertiary/aromatic N) is 1. The van der Waals surface area contributed by atoms with Gasteiger partial charge in [0.05, 0.1) is 0 Å². The van der Waals surface area contributed by atoms with Crippen molar-refractivity contribution in [2.45, 2.75) is 19.8 Å². The lowest BCUT2D eigenvalue weighted by Crippen LogP contribution is -2.25. The van der Waals surface area contributed by atoms with Crippen molar-refractivity contribution >= 4 is 22.4 Å². The van der Waals surface area contributed by atoms with Gasteiger partial charge in [0.1, 0.15) is 5.75 Å². The predicted molar refractivity (Wildman–Crippen MR) is 83.4 cm³/mol. The lowest BCUT2D eigenvalue weighted by Gasteiger charge is -2.06. The lowest BCUT2D eigenvalue weighted by molar-refractivity contribution is -0.123. The minimum atomic E-state index is -0.233. The van der Waals surface area contributed by atoms with Gasteiger partial charge < -0.3 is 4.74 Å². The van der Waals surface area contributed by atoms with Crippen LogP contribution in [0.2, 0.25) is 0 Å². The van der Waals surface area contributed by atoms with Gasteiger partial charge >= 0.3 is 0 Å². The van der Waals surface area contributed by atoms with Gasteiger partial charge in [-0.1, -0.05) is 30.3 Å². The van der Waals surface area contributed by atoms with Gasteiger partial charge in [0.2, 0.25) is 0 Å². The Bertz CT molecular complexity index is 690. The van der Waals surface area contributed by atoms with Crippen molar-refractivity contribution in [3.63, 3.8) is 0 Å². The topological polar surface area (TPSA) is 50.7 Å². The Morgan fingerprint density at radius 2 is 2.00 bits per heavy atom. The number of amides is 1. The van der Waals surface area contributed by atoms with E-state index in [0.29, 0.717) is 11.7 Å². The molecule has 0 atom stereocenters. The van der Waals surface area contributed by atoms with Crippen LogP contribution in [-0.2, 0) is 4.79 Å². The second kappa shape index (κ2) is 5.95. The van der Waals surface area contributed by atoms with Gasteiger partial charge in [0, 0.05) is 5.71 Å². The Kier molecular flexibility index (Phi) is 3.86. The summed E-state index contributed by atoms with van der Waals surface area (Å²) in [5.74, 6) is 1.02. The Morgan fingerprint density at radius 3 is 2.76 bits per heavy atom. The zero-order valence-corrected chi connectivity index (χ0v) is 12.0. The first-order valence-corrected chi connectivity index (χ1v) is 7.17. The highest BCUT2D eigenvalue weighted by Crippen LogP contribution is 2.30. The minimum Gasteiger partial charge on any atom is -0.484 e. The molecule has 1 aliphatic rings. The van der Waals surface area contributed by atoms with Gasteiger partial charge in [-0.05, 0) is 48.6 Å². The maximum absolute atomic E-state index is 11.7. The minimum absolute atomic E-state index is 0.0280. The second-order valence-corrected chi connectivity index (χ2v) is 5.36. The molecule has 3 rings (SSSR count). The third kappa shape index (κ3) is 3.60. The Morgan fingerprint density at radius 1 is 1.24 bits per heavy atom. The number of hydrogen-bond donors (Lipinski definition) is 1. The molecule has 0 bridgehead atoms. The number of nitrogens with one attached hydrogen (secondary N) is 1. The number of benzene rings is 2. The molecule has 0 aromatic heterocycles. The van der Waals surface area contributed by atoms with E-state index in [1.165, 1.54) is 12.8 Å². The van der Waals surface area contributed by atoms with Crippen LogP contribution in [-0.4, -0.2) is 18.2 Å². The second-order valence-electron chi connectivity index (χ2n) is 5.36. The van der Waals surface area contributed by atoms with Crippen molar-refractivity contribution in [1.82, 2.24) is 5.43 Å². The van der Waals surface area contributed by atoms with E-state index < -0.39 is 0 Å². The zero-order valence-electron chi connectivity index (χ0n) is 12.0. The largest absolute Gasteiger partial charge is 0.484 e. The molecular weight excluding hydrogens is 264 g/mol. The summed E-state index contributed by atoms with van der Waals surface area (Å²) in [6, 6.07) is 13.8. The number of rotatable bonds is 5. The summed E-state index contributed by atoms with van der Waals surface area (Å²) in [7, 11) is 0. The fourth-order valence-corrected chi connectivity index (χ4v) is 2.18. The van der Waals surface area contributed by atoms with Gasteiger partial charge in [-0.2, -0.15) is 5.10 Å². The van der Waals surface area contributed by atoms with Crippen LogP contribution in [0.25, 0.3) is 10.8 Å². The number of fused-ring (bicyclic) bond motifs is 1. The van der Waals surface area contributed by atoms with E-state index in [-0.39, 0.29) is 12.5 Å². The van der Waals surface area contributed by atoms with Gasteiger partial charge in [-0.15, -0.1) is 0 Å². The summed E-state index contributed by atoms with van der Waals surface area (Å²) in [4.78, 5) is 11.7. The average molecular weight is 282 g/mol.